The van der Waals surface area contributed by atoms with Gasteiger partial charge in [-0.2, -0.15) is 0 Å². The molecule has 27 heavy (non-hydrogen) atoms. The topological polar surface area (TPSA) is 66.3 Å². The molecule has 2 aromatic rings. The number of likely N-dealkylation sites (tertiary alicyclic amines) is 1. The Morgan fingerprint density at radius 2 is 1.89 bits per heavy atom. The molecule has 2 heterocycles. The minimum atomic E-state index is -0.0891. The predicted molar refractivity (Wildman–Crippen MR) is 105 cm³/mol. The summed E-state index contributed by atoms with van der Waals surface area (Å²) in [6.07, 6.45) is 6.69. The molecular formula is C20H30N6O. The molecule has 0 bridgehead atoms. The Bertz CT molecular complexity index is 708. The minimum absolute atomic E-state index is 0.0891. The van der Waals surface area contributed by atoms with Gasteiger partial charge in [0.2, 0.25) is 0 Å². The summed E-state index contributed by atoms with van der Waals surface area (Å²) in [6.45, 7) is 3.21. The van der Waals surface area contributed by atoms with Crippen LogP contribution in [0.15, 0.2) is 36.7 Å². The predicted octanol–water partition coefficient (Wildman–Crippen LogP) is 2.57. The van der Waals surface area contributed by atoms with Crippen LogP contribution in [-0.4, -0.2) is 57.3 Å². The third kappa shape index (κ3) is 5.29. The van der Waals surface area contributed by atoms with Crippen molar-refractivity contribution in [1.29, 1.82) is 0 Å². The highest BCUT2D eigenvalue weighted by Gasteiger charge is 2.23. The maximum absolute atomic E-state index is 12.6. The minimum Gasteiger partial charge on any atom is -0.336 e. The molecule has 1 N–H and O–H groups in total. The average Bonchev–Trinajstić information content (AvgIpc) is 2.92. The molecule has 0 radical (unpaired) electrons. The van der Waals surface area contributed by atoms with Gasteiger partial charge in [-0.1, -0.05) is 43.2 Å². The number of carbonyl (C=O) groups excluding carboxylic acids is 1. The molecule has 3 rings (SSSR count). The van der Waals surface area contributed by atoms with Crippen LogP contribution in [0.5, 0.6) is 0 Å². The molecule has 7 heteroatoms. The number of aromatic nitrogens is 3. The summed E-state index contributed by atoms with van der Waals surface area (Å²) in [7, 11) is 3.67. The highest BCUT2D eigenvalue weighted by Crippen LogP contribution is 2.23. The number of nitrogens with one attached hydrogen (secondary N) is 1. The lowest BCUT2D eigenvalue weighted by Crippen LogP contribution is -2.43. The van der Waals surface area contributed by atoms with Crippen molar-refractivity contribution in [2.24, 2.45) is 7.05 Å². The second kappa shape index (κ2) is 9.50. The fraction of sp³-hybridized carbons (Fsp3) is 0.550. The van der Waals surface area contributed by atoms with Gasteiger partial charge in [0.05, 0.1) is 12.6 Å². The number of amides is 2. The van der Waals surface area contributed by atoms with Crippen LogP contribution in [0.1, 0.15) is 43.1 Å². The highest BCUT2D eigenvalue weighted by molar-refractivity contribution is 5.73. The van der Waals surface area contributed by atoms with Crippen LogP contribution in [-0.2, 0) is 13.6 Å². The molecule has 7 nitrogen and oxygen atoms in total. The Labute approximate surface area is 161 Å². The summed E-state index contributed by atoms with van der Waals surface area (Å²) in [5.74, 6) is 0.764. The smallest absolute Gasteiger partial charge is 0.317 e. The maximum Gasteiger partial charge on any atom is 0.317 e. The largest absolute Gasteiger partial charge is 0.336 e. The summed E-state index contributed by atoms with van der Waals surface area (Å²) in [5.41, 5.74) is 1.26. The molecule has 0 saturated carbocycles. The quantitative estimate of drug-likeness (QED) is 0.849. The Hall–Kier alpha value is -2.41. The number of benzene rings is 1. The van der Waals surface area contributed by atoms with E-state index in [1.54, 1.807) is 18.3 Å². The van der Waals surface area contributed by atoms with Crippen LogP contribution in [0.4, 0.5) is 4.79 Å². The van der Waals surface area contributed by atoms with E-state index in [1.165, 1.54) is 31.2 Å². The van der Waals surface area contributed by atoms with E-state index >= 15 is 0 Å². The molecule has 146 valence electrons. The Kier molecular flexibility index (Phi) is 6.81. The molecule has 1 aliphatic rings. The summed E-state index contributed by atoms with van der Waals surface area (Å²) < 4.78 is 1.83. The van der Waals surface area contributed by atoms with Gasteiger partial charge in [0.15, 0.2) is 5.82 Å². The van der Waals surface area contributed by atoms with E-state index in [1.807, 2.05) is 17.7 Å². The number of hydrogen-bond donors (Lipinski definition) is 1. The van der Waals surface area contributed by atoms with E-state index < -0.39 is 0 Å². The van der Waals surface area contributed by atoms with Crippen molar-refractivity contribution in [1.82, 2.24) is 29.9 Å². The molecule has 1 fully saturated rings. The number of hydrogen-bond acceptors (Lipinski definition) is 4. The third-order valence-electron chi connectivity index (χ3n) is 5.24. The first kappa shape index (κ1) is 19.4. The first-order valence-corrected chi connectivity index (χ1v) is 9.76. The molecule has 0 aliphatic carbocycles. The van der Waals surface area contributed by atoms with E-state index in [4.69, 9.17) is 0 Å². The van der Waals surface area contributed by atoms with Crippen molar-refractivity contribution >= 4 is 6.03 Å². The lowest BCUT2D eigenvalue weighted by molar-refractivity contribution is 0.182. The van der Waals surface area contributed by atoms with Crippen LogP contribution in [0, 0.1) is 0 Å². The van der Waals surface area contributed by atoms with E-state index in [0.29, 0.717) is 13.1 Å². The van der Waals surface area contributed by atoms with Crippen molar-refractivity contribution in [3.63, 3.8) is 0 Å². The molecule has 1 aromatic heterocycles. The van der Waals surface area contributed by atoms with Crippen LogP contribution in [0.25, 0.3) is 0 Å². The van der Waals surface area contributed by atoms with Crippen molar-refractivity contribution in [2.45, 2.75) is 38.3 Å². The number of rotatable bonds is 6. The van der Waals surface area contributed by atoms with Crippen LogP contribution < -0.4 is 5.32 Å². The van der Waals surface area contributed by atoms with E-state index in [2.05, 4.69) is 44.7 Å². The monoisotopic (exact) mass is 370 g/mol. The standard InChI is InChI=1S/C20H30N6O/c1-24(15-19-23-22-16-25(19)2)20(27)21-14-18(17-10-6-5-7-11-17)26-12-8-3-4-9-13-26/h5-7,10-11,16,18H,3-4,8-9,12-15H2,1-2H3,(H,21,27)/t18-/m0/s1. The summed E-state index contributed by atoms with van der Waals surface area (Å²) in [5, 5.41) is 11.0. The number of aryl methyl sites for hydroxylation is 1. The Balaban J connectivity index is 1.63. The molecular weight excluding hydrogens is 340 g/mol. The SMILES string of the molecule is CN(Cc1nncn1C)C(=O)NC[C@@H](c1ccccc1)N1CCCCCC1. The second-order valence-electron chi connectivity index (χ2n) is 7.28. The van der Waals surface area contributed by atoms with Crippen molar-refractivity contribution in [3.8, 4) is 0 Å². The lowest BCUT2D eigenvalue weighted by Gasteiger charge is -2.32. The molecule has 2 amide bonds. The first-order chi connectivity index (χ1) is 13.1. The lowest BCUT2D eigenvalue weighted by atomic mass is 10.0. The van der Waals surface area contributed by atoms with Gasteiger partial charge in [-0.15, -0.1) is 10.2 Å². The summed E-state index contributed by atoms with van der Waals surface area (Å²) >= 11 is 0. The van der Waals surface area contributed by atoms with Gasteiger partial charge < -0.3 is 14.8 Å². The van der Waals surface area contributed by atoms with Crippen molar-refractivity contribution in [2.75, 3.05) is 26.7 Å². The van der Waals surface area contributed by atoms with Crippen molar-refractivity contribution < 1.29 is 4.79 Å². The zero-order valence-electron chi connectivity index (χ0n) is 16.3. The van der Waals surface area contributed by atoms with E-state index in [9.17, 15) is 4.79 Å². The number of carbonyl (C=O) groups is 1. The summed E-state index contributed by atoms with van der Waals surface area (Å²) in [6, 6.07) is 10.6. The number of urea groups is 1. The van der Waals surface area contributed by atoms with Crippen molar-refractivity contribution in [3.05, 3.63) is 48.0 Å². The normalized spacial score (nSPS) is 16.5. The van der Waals surface area contributed by atoms with Gasteiger partial charge in [-0.3, -0.25) is 4.90 Å². The zero-order chi connectivity index (χ0) is 19.1. The molecule has 1 aromatic carbocycles. The molecule has 1 saturated heterocycles. The molecule has 1 atom stereocenters. The molecule has 0 unspecified atom stereocenters. The number of nitrogens with zero attached hydrogens (tertiary/aromatic N) is 5. The highest BCUT2D eigenvalue weighted by atomic mass is 16.2. The van der Waals surface area contributed by atoms with E-state index in [0.717, 1.165) is 18.9 Å². The fourth-order valence-corrected chi connectivity index (χ4v) is 3.59. The first-order valence-electron chi connectivity index (χ1n) is 9.76. The zero-order valence-corrected chi connectivity index (χ0v) is 16.3. The summed E-state index contributed by atoms with van der Waals surface area (Å²) in [4.78, 5) is 16.8. The van der Waals surface area contributed by atoms with E-state index in [-0.39, 0.29) is 12.1 Å². The van der Waals surface area contributed by atoms with Gasteiger partial charge >= 0.3 is 6.03 Å². The molecule has 0 spiro atoms. The van der Waals surface area contributed by atoms with Gasteiger partial charge in [0.25, 0.3) is 0 Å². The Morgan fingerprint density at radius 1 is 1.19 bits per heavy atom. The van der Waals surface area contributed by atoms with Gasteiger partial charge in [-0.25, -0.2) is 4.79 Å². The van der Waals surface area contributed by atoms with Gasteiger partial charge in [-0.05, 0) is 31.5 Å². The average molecular weight is 371 g/mol. The van der Waals surface area contributed by atoms with Crippen LogP contribution >= 0.6 is 0 Å². The Morgan fingerprint density at radius 3 is 2.52 bits per heavy atom. The third-order valence-corrected chi connectivity index (χ3v) is 5.24. The second-order valence-corrected chi connectivity index (χ2v) is 7.28. The fourth-order valence-electron chi connectivity index (χ4n) is 3.59. The maximum atomic E-state index is 12.6. The van der Waals surface area contributed by atoms with Gasteiger partial charge in [0.1, 0.15) is 6.33 Å². The molecule has 1 aliphatic heterocycles. The van der Waals surface area contributed by atoms with Crippen LogP contribution in [0.2, 0.25) is 0 Å². The van der Waals surface area contributed by atoms with Gasteiger partial charge in [0, 0.05) is 20.6 Å². The van der Waals surface area contributed by atoms with Crippen LogP contribution in [0.3, 0.4) is 0 Å².